The number of aryl methyl sites for hydroxylation is 1. The van der Waals surface area contributed by atoms with Crippen LogP contribution in [0.1, 0.15) is 25.3 Å². The largest absolute Gasteiger partial charge is 0.484 e. The number of carboxylic acids is 1. The van der Waals surface area contributed by atoms with E-state index < -0.39 is 17.4 Å². The number of rotatable bonds is 6. The van der Waals surface area contributed by atoms with Crippen LogP contribution in [0.2, 0.25) is 0 Å². The fourth-order valence-electron chi connectivity index (χ4n) is 2.10. The lowest BCUT2D eigenvalue weighted by atomic mass is 9.96. The maximum Gasteiger partial charge on any atom is 0.329 e. The maximum atomic E-state index is 11.8. The molecule has 0 bridgehead atoms. The van der Waals surface area contributed by atoms with Gasteiger partial charge in [-0.3, -0.25) is 4.79 Å². The topological polar surface area (TPSA) is 75.6 Å². The van der Waals surface area contributed by atoms with Crippen LogP contribution in [0.3, 0.4) is 0 Å². The minimum absolute atomic E-state index is 0.0170. The van der Waals surface area contributed by atoms with Crippen LogP contribution in [0.5, 0.6) is 5.75 Å². The first-order valence-corrected chi connectivity index (χ1v) is 6.65. The summed E-state index contributed by atoms with van der Waals surface area (Å²) in [6, 6.07) is 7.33. The van der Waals surface area contributed by atoms with Crippen LogP contribution in [0.15, 0.2) is 24.3 Å². The van der Waals surface area contributed by atoms with Gasteiger partial charge in [-0.05, 0) is 44.7 Å². The van der Waals surface area contributed by atoms with E-state index in [1.54, 1.807) is 19.1 Å². The monoisotopic (exact) mass is 277 g/mol. The third-order valence-electron chi connectivity index (χ3n) is 3.63. The van der Waals surface area contributed by atoms with Gasteiger partial charge >= 0.3 is 5.97 Å². The van der Waals surface area contributed by atoms with Gasteiger partial charge in [0.2, 0.25) is 0 Å². The van der Waals surface area contributed by atoms with Gasteiger partial charge in [-0.25, -0.2) is 4.79 Å². The van der Waals surface area contributed by atoms with Crippen molar-refractivity contribution in [1.82, 2.24) is 5.32 Å². The third kappa shape index (κ3) is 3.29. The second kappa shape index (κ2) is 5.53. The van der Waals surface area contributed by atoms with Gasteiger partial charge < -0.3 is 15.2 Å². The first kappa shape index (κ1) is 14.4. The van der Waals surface area contributed by atoms with Gasteiger partial charge in [0.25, 0.3) is 5.91 Å². The molecule has 20 heavy (non-hydrogen) atoms. The van der Waals surface area contributed by atoms with E-state index in [0.717, 1.165) is 18.4 Å². The van der Waals surface area contributed by atoms with E-state index in [9.17, 15) is 14.7 Å². The van der Waals surface area contributed by atoms with Gasteiger partial charge in [0, 0.05) is 0 Å². The smallest absolute Gasteiger partial charge is 0.329 e. The summed E-state index contributed by atoms with van der Waals surface area (Å²) in [7, 11) is 0. The van der Waals surface area contributed by atoms with E-state index in [-0.39, 0.29) is 12.5 Å². The number of aliphatic carboxylic acids is 1. The quantitative estimate of drug-likeness (QED) is 0.830. The molecule has 5 heteroatoms. The number of hydrogen-bond acceptors (Lipinski definition) is 3. The Labute approximate surface area is 117 Å². The van der Waals surface area contributed by atoms with Gasteiger partial charge in [0.1, 0.15) is 11.3 Å². The summed E-state index contributed by atoms with van der Waals surface area (Å²) in [4.78, 5) is 23.1. The Morgan fingerprint density at radius 2 is 1.95 bits per heavy atom. The average molecular weight is 277 g/mol. The SMILES string of the molecule is Cc1ccc(OCC(=O)NC(C)(C(=O)O)C2CC2)cc1. The van der Waals surface area contributed by atoms with E-state index >= 15 is 0 Å². The molecule has 1 unspecified atom stereocenters. The maximum absolute atomic E-state index is 11.8. The summed E-state index contributed by atoms with van der Waals surface area (Å²) in [5.41, 5.74) is -0.0812. The Balaban J connectivity index is 1.88. The lowest BCUT2D eigenvalue weighted by Gasteiger charge is -2.26. The molecule has 0 heterocycles. The van der Waals surface area contributed by atoms with Crippen LogP contribution in [0.25, 0.3) is 0 Å². The highest BCUT2D eigenvalue weighted by atomic mass is 16.5. The number of carboxylic acid groups (broad SMARTS) is 1. The van der Waals surface area contributed by atoms with Crippen molar-refractivity contribution in [2.45, 2.75) is 32.2 Å². The summed E-state index contributed by atoms with van der Waals surface area (Å²) in [5, 5.41) is 11.8. The van der Waals surface area contributed by atoms with Crippen molar-refractivity contribution >= 4 is 11.9 Å². The molecular formula is C15H19NO4. The fraction of sp³-hybridized carbons (Fsp3) is 0.467. The van der Waals surface area contributed by atoms with Crippen molar-refractivity contribution < 1.29 is 19.4 Å². The number of amides is 1. The molecule has 1 aromatic rings. The second-order valence-corrected chi connectivity index (χ2v) is 5.43. The number of carbonyl (C=O) groups is 2. The Kier molecular flexibility index (Phi) is 3.97. The first-order valence-electron chi connectivity index (χ1n) is 6.65. The van der Waals surface area contributed by atoms with Crippen LogP contribution >= 0.6 is 0 Å². The molecule has 1 atom stereocenters. The predicted octanol–water partition coefficient (Wildman–Crippen LogP) is 1.74. The zero-order chi connectivity index (χ0) is 14.8. The number of hydrogen-bond donors (Lipinski definition) is 2. The van der Waals surface area contributed by atoms with Crippen molar-refractivity contribution in [3.05, 3.63) is 29.8 Å². The van der Waals surface area contributed by atoms with Crippen molar-refractivity contribution in [2.75, 3.05) is 6.61 Å². The number of nitrogens with one attached hydrogen (secondary N) is 1. The Morgan fingerprint density at radius 3 is 2.45 bits per heavy atom. The van der Waals surface area contributed by atoms with E-state index in [0.29, 0.717) is 5.75 Å². The van der Waals surface area contributed by atoms with Crippen LogP contribution in [-0.2, 0) is 9.59 Å². The van der Waals surface area contributed by atoms with E-state index in [1.807, 2.05) is 19.1 Å². The zero-order valence-corrected chi connectivity index (χ0v) is 11.7. The predicted molar refractivity (Wildman–Crippen MR) is 73.6 cm³/mol. The molecule has 0 radical (unpaired) electrons. The van der Waals surface area contributed by atoms with E-state index in [1.165, 1.54) is 0 Å². The molecule has 2 rings (SSSR count). The Bertz CT molecular complexity index is 507. The molecule has 1 aliphatic carbocycles. The van der Waals surface area contributed by atoms with Crippen LogP contribution < -0.4 is 10.1 Å². The summed E-state index contributed by atoms with van der Waals surface area (Å²) < 4.78 is 5.34. The highest BCUT2D eigenvalue weighted by molar-refractivity contribution is 5.88. The molecular weight excluding hydrogens is 258 g/mol. The minimum Gasteiger partial charge on any atom is -0.484 e. The lowest BCUT2D eigenvalue weighted by molar-refractivity contribution is -0.148. The highest BCUT2D eigenvalue weighted by Gasteiger charge is 2.48. The van der Waals surface area contributed by atoms with E-state index in [4.69, 9.17) is 4.74 Å². The molecule has 0 spiro atoms. The first-order chi connectivity index (χ1) is 9.41. The molecule has 108 valence electrons. The summed E-state index contributed by atoms with van der Waals surface area (Å²) in [6.45, 7) is 3.33. The third-order valence-corrected chi connectivity index (χ3v) is 3.63. The van der Waals surface area contributed by atoms with E-state index in [2.05, 4.69) is 5.32 Å². The molecule has 1 amide bonds. The number of carbonyl (C=O) groups excluding carboxylic acids is 1. The molecule has 1 saturated carbocycles. The van der Waals surface area contributed by atoms with Crippen LogP contribution in [0, 0.1) is 12.8 Å². The van der Waals surface area contributed by atoms with Gasteiger partial charge in [-0.1, -0.05) is 17.7 Å². The summed E-state index contributed by atoms with van der Waals surface area (Å²) in [5.74, 6) is -0.802. The number of benzene rings is 1. The van der Waals surface area contributed by atoms with Crippen molar-refractivity contribution in [3.63, 3.8) is 0 Å². The van der Waals surface area contributed by atoms with Crippen LogP contribution in [-0.4, -0.2) is 29.1 Å². The molecule has 1 aliphatic rings. The molecule has 1 aromatic carbocycles. The Hall–Kier alpha value is -2.04. The van der Waals surface area contributed by atoms with Crippen molar-refractivity contribution in [3.8, 4) is 5.75 Å². The second-order valence-electron chi connectivity index (χ2n) is 5.43. The molecule has 1 fully saturated rings. The molecule has 0 saturated heterocycles. The van der Waals surface area contributed by atoms with Crippen molar-refractivity contribution in [2.24, 2.45) is 5.92 Å². The van der Waals surface area contributed by atoms with Gasteiger partial charge in [0.05, 0.1) is 0 Å². The van der Waals surface area contributed by atoms with Gasteiger partial charge in [-0.15, -0.1) is 0 Å². The van der Waals surface area contributed by atoms with Gasteiger partial charge in [-0.2, -0.15) is 0 Å². The van der Waals surface area contributed by atoms with Crippen molar-refractivity contribution in [1.29, 1.82) is 0 Å². The summed E-state index contributed by atoms with van der Waals surface area (Å²) >= 11 is 0. The molecule has 2 N–H and O–H groups in total. The molecule has 0 aliphatic heterocycles. The highest BCUT2D eigenvalue weighted by Crippen LogP contribution is 2.39. The molecule has 0 aromatic heterocycles. The Morgan fingerprint density at radius 1 is 1.35 bits per heavy atom. The molecule has 5 nitrogen and oxygen atoms in total. The average Bonchev–Trinajstić information content (AvgIpc) is 3.22. The standard InChI is InChI=1S/C15H19NO4/c1-10-3-7-12(8-4-10)20-9-13(17)16-15(2,14(18)19)11-5-6-11/h3-4,7-8,11H,5-6,9H2,1-2H3,(H,16,17)(H,18,19). The summed E-state index contributed by atoms with van der Waals surface area (Å²) in [6.07, 6.45) is 1.67. The van der Waals surface area contributed by atoms with Gasteiger partial charge in [0.15, 0.2) is 6.61 Å². The zero-order valence-electron chi connectivity index (χ0n) is 11.7. The van der Waals surface area contributed by atoms with Crippen LogP contribution in [0.4, 0.5) is 0 Å². The normalized spacial score (nSPS) is 17.1. The minimum atomic E-state index is -1.19. The lowest BCUT2D eigenvalue weighted by Crippen LogP contribution is -2.55. The number of ether oxygens (including phenoxy) is 1. The fourth-order valence-corrected chi connectivity index (χ4v) is 2.10.